The van der Waals surface area contributed by atoms with Crippen molar-refractivity contribution in [1.29, 1.82) is 0 Å². The van der Waals surface area contributed by atoms with Crippen LogP contribution in [0.3, 0.4) is 0 Å². The van der Waals surface area contributed by atoms with Gasteiger partial charge in [0, 0.05) is 12.3 Å². The van der Waals surface area contributed by atoms with Crippen LogP contribution in [0.1, 0.15) is 42.8 Å². The second kappa shape index (κ2) is 7.18. The van der Waals surface area contributed by atoms with Gasteiger partial charge in [-0.1, -0.05) is 12.1 Å². The molecule has 2 heterocycles. The number of ether oxygens (including phenoxy) is 1. The third-order valence-corrected chi connectivity index (χ3v) is 4.54. The van der Waals surface area contributed by atoms with E-state index in [4.69, 9.17) is 4.74 Å². The fourth-order valence-electron chi connectivity index (χ4n) is 3.16. The summed E-state index contributed by atoms with van der Waals surface area (Å²) in [5.41, 5.74) is 4.24. The van der Waals surface area contributed by atoms with Crippen LogP contribution in [-0.2, 0) is 9.53 Å². The SMILES string of the molecule is Cc1cc(C)n(-c2ccc([C@H](C)NC(=O)[C@H]3CCCOC3)cc2)n1. The van der Waals surface area contributed by atoms with Crippen LogP contribution in [0.25, 0.3) is 5.69 Å². The van der Waals surface area contributed by atoms with Gasteiger partial charge in [-0.2, -0.15) is 5.10 Å². The Morgan fingerprint density at radius 2 is 2.08 bits per heavy atom. The molecule has 0 aliphatic carbocycles. The van der Waals surface area contributed by atoms with Crippen LogP contribution >= 0.6 is 0 Å². The van der Waals surface area contributed by atoms with Gasteiger partial charge in [0.15, 0.2) is 0 Å². The van der Waals surface area contributed by atoms with Gasteiger partial charge in [-0.3, -0.25) is 4.79 Å². The van der Waals surface area contributed by atoms with Crippen LogP contribution in [0, 0.1) is 19.8 Å². The third kappa shape index (κ3) is 3.67. The number of nitrogens with zero attached hydrogens (tertiary/aromatic N) is 2. The van der Waals surface area contributed by atoms with Crippen molar-refractivity contribution in [2.24, 2.45) is 5.92 Å². The molecule has 2 atom stereocenters. The lowest BCUT2D eigenvalue weighted by molar-refractivity contribution is -0.129. The van der Waals surface area contributed by atoms with Crippen molar-refractivity contribution >= 4 is 5.91 Å². The largest absolute Gasteiger partial charge is 0.381 e. The summed E-state index contributed by atoms with van der Waals surface area (Å²) >= 11 is 0. The van der Waals surface area contributed by atoms with Crippen molar-refractivity contribution in [3.05, 3.63) is 47.3 Å². The molecule has 128 valence electrons. The van der Waals surface area contributed by atoms with Crippen molar-refractivity contribution in [3.8, 4) is 5.69 Å². The first-order chi connectivity index (χ1) is 11.5. The number of benzene rings is 1. The fraction of sp³-hybridized carbons (Fsp3) is 0.474. The molecule has 3 rings (SSSR count). The first-order valence-electron chi connectivity index (χ1n) is 8.56. The lowest BCUT2D eigenvalue weighted by atomic mass is 10.00. The summed E-state index contributed by atoms with van der Waals surface area (Å²) in [7, 11) is 0. The van der Waals surface area contributed by atoms with E-state index in [9.17, 15) is 4.79 Å². The molecule has 5 heteroatoms. The van der Waals surface area contributed by atoms with E-state index in [2.05, 4.69) is 16.5 Å². The maximum absolute atomic E-state index is 12.3. The van der Waals surface area contributed by atoms with E-state index in [1.165, 1.54) is 0 Å². The van der Waals surface area contributed by atoms with E-state index in [1.54, 1.807) is 0 Å². The Kier molecular flexibility index (Phi) is 5.00. The summed E-state index contributed by atoms with van der Waals surface area (Å²) in [4.78, 5) is 12.3. The maximum Gasteiger partial charge on any atom is 0.225 e. The molecule has 24 heavy (non-hydrogen) atoms. The second-order valence-corrected chi connectivity index (χ2v) is 6.57. The van der Waals surface area contributed by atoms with Gasteiger partial charge in [-0.15, -0.1) is 0 Å². The lowest BCUT2D eigenvalue weighted by Gasteiger charge is -2.23. The minimum absolute atomic E-state index is 0.0184. The Morgan fingerprint density at radius 3 is 2.67 bits per heavy atom. The molecule has 0 bridgehead atoms. The van der Waals surface area contributed by atoms with Crippen LogP contribution in [0.4, 0.5) is 0 Å². The topological polar surface area (TPSA) is 56.2 Å². The van der Waals surface area contributed by atoms with Gasteiger partial charge in [0.1, 0.15) is 0 Å². The Morgan fingerprint density at radius 1 is 1.33 bits per heavy atom. The molecule has 1 aliphatic rings. The lowest BCUT2D eigenvalue weighted by Crippen LogP contribution is -2.36. The van der Waals surface area contributed by atoms with Crippen LogP contribution in [-0.4, -0.2) is 28.9 Å². The zero-order chi connectivity index (χ0) is 17.1. The van der Waals surface area contributed by atoms with E-state index in [-0.39, 0.29) is 17.9 Å². The number of hydrogen-bond donors (Lipinski definition) is 1. The molecule has 1 aromatic carbocycles. The van der Waals surface area contributed by atoms with Gasteiger partial charge >= 0.3 is 0 Å². The number of rotatable bonds is 4. The van der Waals surface area contributed by atoms with Gasteiger partial charge in [0.2, 0.25) is 5.91 Å². The molecule has 2 aromatic rings. The first-order valence-corrected chi connectivity index (χ1v) is 8.56. The predicted molar refractivity (Wildman–Crippen MR) is 93.1 cm³/mol. The Labute approximate surface area is 143 Å². The summed E-state index contributed by atoms with van der Waals surface area (Å²) in [6.07, 6.45) is 1.87. The van der Waals surface area contributed by atoms with Crippen molar-refractivity contribution in [2.75, 3.05) is 13.2 Å². The standard InChI is InChI=1S/C19H25N3O2/c1-13-11-14(2)22(21-13)18-8-6-16(7-9-18)15(3)20-19(23)17-5-4-10-24-12-17/h6-9,11,15,17H,4-5,10,12H2,1-3H3,(H,20,23)/t15-,17-/m0/s1. The summed E-state index contributed by atoms with van der Waals surface area (Å²) in [6.45, 7) is 7.36. The summed E-state index contributed by atoms with van der Waals surface area (Å²) in [5, 5.41) is 7.60. The van der Waals surface area contributed by atoms with Crippen molar-refractivity contribution in [1.82, 2.24) is 15.1 Å². The van der Waals surface area contributed by atoms with Gasteiger partial charge in [-0.05, 0) is 57.4 Å². The van der Waals surface area contributed by atoms with E-state index in [1.807, 2.05) is 49.7 Å². The molecule has 1 aliphatic heterocycles. The monoisotopic (exact) mass is 327 g/mol. The zero-order valence-electron chi connectivity index (χ0n) is 14.6. The highest BCUT2D eigenvalue weighted by molar-refractivity contribution is 5.79. The molecule has 0 radical (unpaired) electrons. The van der Waals surface area contributed by atoms with E-state index in [0.717, 1.165) is 42.1 Å². The number of carbonyl (C=O) groups is 1. The van der Waals surface area contributed by atoms with Crippen LogP contribution < -0.4 is 5.32 Å². The third-order valence-electron chi connectivity index (χ3n) is 4.54. The molecule has 1 aromatic heterocycles. The normalized spacial score (nSPS) is 19.0. The quantitative estimate of drug-likeness (QED) is 0.939. The number of carbonyl (C=O) groups excluding carboxylic acids is 1. The molecule has 0 unspecified atom stereocenters. The highest BCUT2D eigenvalue weighted by Gasteiger charge is 2.23. The number of hydrogen-bond acceptors (Lipinski definition) is 3. The maximum atomic E-state index is 12.3. The van der Waals surface area contributed by atoms with Gasteiger partial charge in [0.05, 0.1) is 29.9 Å². The summed E-state index contributed by atoms with van der Waals surface area (Å²) < 4.78 is 7.33. The smallest absolute Gasteiger partial charge is 0.225 e. The minimum Gasteiger partial charge on any atom is -0.381 e. The van der Waals surface area contributed by atoms with Crippen molar-refractivity contribution in [3.63, 3.8) is 0 Å². The summed E-state index contributed by atoms with van der Waals surface area (Å²) in [6, 6.07) is 10.2. The highest BCUT2D eigenvalue weighted by Crippen LogP contribution is 2.19. The number of amides is 1. The van der Waals surface area contributed by atoms with Gasteiger partial charge in [0.25, 0.3) is 0 Å². The molecular weight excluding hydrogens is 302 g/mol. The number of nitrogens with one attached hydrogen (secondary N) is 1. The predicted octanol–water partition coefficient (Wildman–Crippen LogP) is 3.09. The average Bonchev–Trinajstić information content (AvgIpc) is 2.94. The Balaban J connectivity index is 1.66. The molecule has 1 amide bonds. The van der Waals surface area contributed by atoms with E-state index < -0.39 is 0 Å². The molecule has 0 saturated carbocycles. The van der Waals surface area contributed by atoms with Crippen LogP contribution in [0.5, 0.6) is 0 Å². The fourth-order valence-corrected chi connectivity index (χ4v) is 3.16. The molecule has 1 fully saturated rings. The molecule has 0 spiro atoms. The Hall–Kier alpha value is -2.14. The number of aryl methyl sites for hydroxylation is 2. The highest BCUT2D eigenvalue weighted by atomic mass is 16.5. The van der Waals surface area contributed by atoms with E-state index in [0.29, 0.717) is 6.61 Å². The van der Waals surface area contributed by atoms with Crippen molar-refractivity contribution < 1.29 is 9.53 Å². The van der Waals surface area contributed by atoms with E-state index >= 15 is 0 Å². The van der Waals surface area contributed by atoms with Crippen LogP contribution in [0.2, 0.25) is 0 Å². The van der Waals surface area contributed by atoms with Crippen molar-refractivity contribution in [2.45, 2.75) is 39.7 Å². The molecule has 1 saturated heterocycles. The number of aromatic nitrogens is 2. The van der Waals surface area contributed by atoms with Gasteiger partial charge < -0.3 is 10.1 Å². The zero-order valence-corrected chi connectivity index (χ0v) is 14.6. The molecule has 1 N–H and O–H groups in total. The van der Waals surface area contributed by atoms with Crippen LogP contribution in [0.15, 0.2) is 30.3 Å². The summed E-state index contributed by atoms with van der Waals surface area (Å²) in [5.74, 6) is 0.0694. The molecular formula is C19H25N3O2. The molecule has 5 nitrogen and oxygen atoms in total. The second-order valence-electron chi connectivity index (χ2n) is 6.57. The first kappa shape index (κ1) is 16.7. The average molecular weight is 327 g/mol. The Bertz CT molecular complexity index is 700. The minimum atomic E-state index is -0.0195. The van der Waals surface area contributed by atoms with Gasteiger partial charge in [-0.25, -0.2) is 4.68 Å².